The summed E-state index contributed by atoms with van der Waals surface area (Å²) in [5.74, 6) is -0.367. The lowest BCUT2D eigenvalue weighted by atomic mass is 9.83. The summed E-state index contributed by atoms with van der Waals surface area (Å²) in [6.07, 6.45) is -2.62. The fraction of sp³-hybridized carbons (Fsp3) is 0.500. The summed E-state index contributed by atoms with van der Waals surface area (Å²) in [5, 5.41) is 10.6. The third-order valence-electron chi connectivity index (χ3n) is 7.35. The van der Waals surface area contributed by atoms with Gasteiger partial charge in [-0.15, -0.1) is 0 Å². The van der Waals surface area contributed by atoms with E-state index >= 15 is 0 Å². The fourth-order valence-corrected chi connectivity index (χ4v) is 8.12. The molecule has 220 valence electrons. The van der Waals surface area contributed by atoms with Crippen LogP contribution in [0.3, 0.4) is 0 Å². The average Bonchev–Trinajstić information content (AvgIpc) is 2.88. The Labute approximate surface area is 245 Å². The van der Waals surface area contributed by atoms with Gasteiger partial charge in [-0.1, -0.05) is 53.4 Å². The van der Waals surface area contributed by atoms with Crippen LogP contribution >= 0.6 is 34.8 Å². The Morgan fingerprint density at radius 1 is 1.02 bits per heavy atom. The zero-order valence-corrected chi connectivity index (χ0v) is 24.3. The zero-order valence-electron chi connectivity index (χ0n) is 21.3. The number of piperidine rings is 2. The van der Waals surface area contributed by atoms with Crippen LogP contribution in [0.15, 0.2) is 41.3 Å². The van der Waals surface area contributed by atoms with E-state index < -0.39 is 38.4 Å². The van der Waals surface area contributed by atoms with Crippen molar-refractivity contribution in [3.05, 3.63) is 62.6 Å². The van der Waals surface area contributed by atoms with Crippen molar-refractivity contribution >= 4 is 50.7 Å². The Balaban J connectivity index is 1.34. The van der Waals surface area contributed by atoms with Crippen molar-refractivity contribution in [3.63, 3.8) is 0 Å². The topological polar surface area (TPSA) is 87.2 Å². The standard InChI is InChI=1S/C26H28Cl3F3N2O5S/c27-20-8-7-17(14-19(20)26(30,31)32)25(36)9-12-33(13-10-25)23(35)16-39-15-18-4-1-2-11-34(18)40(37,38)24-21(28)5-3-6-22(24)29/h3,5-8,14,18,36H,1-2,4,9-13,15-16H2. The van der Waals surface area contributed by atoms with E-state index in [-0.39, 0.29) is 72.1 Å². The lowest BCUT2D eigenvalue weighted by Gasteiger charge is -2.39. The van der Waals surface area contributed by atoms with Gasteiger partial charge in [-0.05, 0) is 55.5 Å². The number of hydrogen-bond acceptors (Lipinski definition) is 5. The van der Waals surface area contributed by atoms with Gasteiger partial charge in [-0.25, -0.2) is 8.42 Å². The molecule has 1 N–H and O–H groups in total. The molecule has 0 aliphatic carbocycles. The molecule has 0 bridgehead atoms. The SMILES string of the molecule is O=C(COCC1CCCCN1S(=O)(=O)c1c(Cl)cccc1Cl)N1CCC(O)(c2ccc(Cl)c(C(F)(F)F)c2)CC1. The molecule has 7 nitrogen and oxygen atoms in total. The lowest BCUT2D eigenvalue weighted by Crippen LogP contribution is -2.48. The van der Waals surface area contributed by atoms with Crippen molar-refractivity contribution in [3.8, 4) is 0 Å². The summed E-state index contributed by atoms with van der Waals surface area (Å²) in [6, 6.07) is 7.27. The van der Waals surface area contributed by atoms with Gasteiger partial charge < -0.3 is 14.7 Å². The first-order valence-electron chi connectivity index (χ1n) is 12.6. The molecule has 4 rings (SSSR count). The smallest absolute Gasteiger partial charge is 0.385 e. The molecule has 14 heteroatoms. The minimum Gasteiger partial charge on any atom is -0.385 e. The molecule has 2 aromatic rings. The largest absolute Gasteiger partial charge is 0.417 e. The first kappa shape index (κ1) is 31.3. The Hall–Kier alpha value is -1.60. The van der Waals surface area contributed by atoms with Crippen LogP contribution in [0.2, 0.25) is 15.1 Å². The van der Waals surface area contributed by atoms with Gasteiger partial charge in [0.05, 0.1) is 32.8 Å². The number of sulfonamides is 1. The van der Waals surface area contributed by atoms with E-state index in [0.29, 0.717) is 12.8 Å². The van der Waals surface area contributed by atoms with Crippen molar-refractivity contribution in [2.24, 2.45) is 0 Å². The van der Waals surface area contributed by atoms with E-state index in [4.69, 9.17) is 39.5 Å². The molecular weight excluding hydrogens is 616 g/mol. The van der Waals surface area contributed by atoms with Crippen molar-refractivity contribution < 1.29 is 36.2 Å². The highest BCUT2D eigenvalue weighted by Crippen LogP contribution is 2.40. The maximum Gasteiger partial charge on any atom is 0.417 e. The maximum atomic E-state index is 13.4. The minimum atomic E-state index is -4.66. The second-order valence-corrected chi connectivity index (χ2v) is 13.0. The number of aliphatic hydroxyl groups is 1. The number of likely N-dealkylation sites (tertiary alicyclic amines) is 1. The summed E-state index contributed by atoms with van der Waals surface area (Å²) in [5.41, 5.74) is -2.48. The summed E-state index contributed by atoms with van der Waals surface area (Å²) in [4.78, 5) is 14.1. The van der Waals surface area contributed by atoms with Gasteiger partial charge in [0, 0.05) is 25.7 Å². The Kier molecular flexibility index (Phi) is 9.66. The van der Waals surface area contributed by atoms with Crippen molar-refractivity contribution in [2.45, 2.75) is 54.8 Å². The molecule has 0 aromatic heterocycles. The minimum absolute atomic E-state index is 0.0180. The van der Waals surface area contributed by atoms with Gasteiger partial charge in [0.15, 0.2) is 0 Å². The van der Waals surface area contributed by atoms with Crippen LogP contribution in [0.1, 0.15) is 43.2 Å². The Morgan fingerprint density at radius 3 is 2.30 bits per heavy atom. The van der Waals surface area contributed by atoms with Crippen molar-refractivity contribution in [1.82, 2.24) is 9.21 Å². The van der Waals surface area contributed by atoms with Crippen LogP contribution in [0, 0.1) is 0 Å². The number of carbonyl (C=O) groups excluding carboxylic acids is 1. The number of nitrogens with zero attached hydrogens (tertiary/aromatic N) is 2. The number of ether oxygens (including phenoxy) is 1. The van der Waals surface area contributed by atoms with E-state index in [1.165, 1.54) is 27.4 Å². The summed E-state index contributed by atoms with van der Waals surface area (Å²) < 4.78 is 73.6. The molecule has 2 aliphatic heterocycles. The molecule has 2 aromatic carbocycles. The van der Waals surface area contributed by atoms with E-state index in [2.05, 4.69) is 0 Å². The Morgan fingerprint density at radius 2 is 1.68 bits per heavy atom. The third kappa shape index (κ3) is 6.72. The second kappa shape index (κ2) is 12.3. The zero-order chi connectivity index (χ0) is 29.3. The van der Waals surface area contributed by atoms with Crippen molar-refractivity contribution in [1.29, 1.82) is 0 Å². The number of alkyl halides is 3. The highest BCUT2D eigenvalue weighted by Gasteiger charge is 2.40. The maximum absolute atomic E-state index is 13.4. The number of halogens is 6. The third-order valence-corrected chi connectivity index (χ3v) is 10.6. The lowest BCUT2D eigenvalue weighted by molar-refractivity contribution is -0.141. The number of hydrogen-bond donors (Lipinski definition) is 1. The molecule has 1 amide bonds. The molecule has 2 aliphatic rings. The van der Waals surface area contributed by atoms with Gasteiger partial charge >= 0.3 is 6.18 Å². The average molecular weight is 644 g/mol. The van der Waals surface area contributed by atoms with Crippen LogP contribution in [0.5, 0.6) is 0 Å². The van der Waals surface area contributed by atoms with Gasteiger partial charge in [-0.3, -0.25) is 4.79 Å². The van der Waals surface area contributed by atoms with Crippen LogP contribution in [0.4, 0.5) is 13.2 Å². The van der Waals surface area contributed by atoms with Gasteiger partial charge in [0.2, 0.25) is 15.9 Å². The van der Waals surface area contributed by atoms with Crippen LogP contribution in [-0.4, -0.2) is 67.5 Å². The van der Waals surface area contributed by atoms with Crippen molar-refractivity contribution in [2.75, 3.05) is 32.8 Å². The normalized spacial score (nSPS) is 20.5. The molecule has 0 saturated carbocycles. The Bertz CT molecular complexity index is 1330. The first-order valence-corrected chi connectivity index (χ1v) is 15.2. The van der Waals surface area contributed by atoms with E-state index in [0.717, 1.165) is 18.6 Å². The summed E-state index contributed by atoms with van der Waals surface area (Å²) >= 11 is 18.0. The summed E-state index contributed by atoms with van der Waals surface area (Å²) in [6.45, 7) is 0.150. The molecular formula is C26H28Cl3F3N2O5S. The highest BCUT2D eigenvalue weighted by atomic mass is 35.5. The van der Waals surface area contributed by atoms with Crippen LogP contribution in [-0.2, 0) is 31.3 Å². The number of amides is 1. The predicted octanol–water partition coefficient (Wildman–Crippen LogP) is 5.74. The van der Waals surface area contributed by atoms with Crippen LogP contribution < -0.4 is 0 Å². The van der Waals surface area contributed by atoms with Gasteiger partial charge in [0.25, 0.3) is 0 Å². The van der Waals surface area contributed by atoms with Gasteiger partial charge in [-0.2, -0.15) is 17.5 Å². The monoisotopic (exact) mass is 642 g/mol. The predicted molar refractivity (Wildman–Crippen MR) is 145 cm³/mol. The second-order valence-electron chi connectivity index (χ2n) is 9.94. The van der Waals surface area contributed by atoms with E-state index in [9.17, 15) is 31.5 Å². The number of carbonyl (C=O) groups is 1. The molecule has 1 atom stereocenters. The summed E-state index contributed by atoms with van der Waals surface area (Å²) in [7, 11) is -4.01. The molecule has 0 radical (unpaired) electrons. The molecule has 2 fully saturated rings. The molecule has 0 spiro atoms. The molecule has 2 heterocycles. The molecule has 40 heavy (non-hydrogen) atoms. The fourth-order valence-electron chi connectivity index (χ4n) is 5.12. The van der Waals surface area contributed by atoms with E-state index in [1.54, 1.807) is 6.07 Å². The van der Waals surface area contributed by atoms with Gasteiger partial charge in [0.1, 0.15) is 11.5 Å². The molecule has 1 unspecified atom stereocenters. The quantitative estimate of drug-likeness (QED) is 0.416. The number of benzene rings is 2. The number of rotatable bonds is 7. The van der Waals surface area contributed by atoms with E-state index in [1.807, 2.05) is 0 Å². The van der Waals surface area contributed by atoms with Crippen LogP contribution in [0.25, 0.3) is 0 Å². The molecule has 2 saturated heterocycles. The highest BCUT2D eigenvalue weighted by molar-refractivity contribution is 7.89. The first-order chi connectivity index (χ1) is 18.7.